The Morgan fingerprint density at radius 2 is 1.03 bits per heavy atom. The molecule has 0 saturated heterocycles. The van der Waals surface area contributed by atoms with Crippen LogP contribution in [0.3, 0.4) is 0 Å². The molecule has 0 bridgehead atoms. The summed E-state index contributed by atoms with van der Waals surface area (Å²) in [5.74, 6) is -8.71. The summed E-state index contributed by atoms with van der Waals surface area (Å²) in [5.41, 5.74) is 4.89. The lowest BCUT2D eigenvalue weighted by Crippen LogP contribution is -2.39. The average Bonchev–Trinajstić information content (AvgIpc) is 3.19. The minimum atomic E-state index is -1.45. The maximum absolute atomic E-state index is 13.2. The van der Waals surface area contributed by atoms with Crippen molar-refractivity contribution in [3.05, 3.63) is 141 Å². The van der Waals surface area contributed by atoms with E-state index in [0.29, 0.717) is 11.1 Å². The molecule has 13 nitrogen and oxygen atoms in total. The first-order valence-electron chi connectivity index (χ1n) is 21.5. The molecule has 0 aromatic heterocycles. The first kappa shape index (κ1) is 55.4. The van der Waals surface area contributed by atoms with Crippen LogP contribution in [0, 0.1) is 16.7 Å². The van der Waals surface area contributed by atoms with Crippen molar-refractivity contribution in [2.45, 2.75) is 120 Å². The van der Waals surface area contributed by atoms with E-state index < -0.39 is 89.4 Å². The number of ether oxygens (including phenoxy) is 2. The molecule has 2 rings (SSSR count). The van der Waals surface area contributed by atoms with Gasteiger partial charge in [0, 0.05) is 25.3 Å². The number of hydrogen-bond acceptors (Lipinski definition) is 10. The topological polar surface area (TPSA) is 216 Å². The van der Waals surface area contributed by atoms with Crippen molar-refractivity contribution in [3.8, 4) is 0 Å². The molecule has 3 N–H and O–H groups in total. The standard InChI is InChI=1S/C53H64O13/c1-32(18-14-20-34(3)22-24-41-37(6)48(59)43(30-52(41,8)9)65-46(57)28-39(50(61)62)26-36(5)54)16-12-13-17-33(2)19-15-21-35(4)23-25-42-38(7)49(60)44(31-53(42,10)11)66-47(58)29-40(51(63)64)27-45(55)56/h12-25,28,40,43-44H,26-27,29-31H2,1-11H3,(H,55,56)(H,61,62)(H,63,64)/b13-12+,18-14+,19-15+,24-22+,25-23+,32-16+,33-17+,34-20+,35-21+,39-28-. The molecule has 0 saturated carbocycles. The molecule has 0 aliphatic heterocycles. The van der Waals surface area contributed by atoms with E-state index in [9.17, 15) is 48.6 Å². The SMILES string of the molecule is CC(=O)C/C(=C/C(=O)OC1CC(C)(C)C(/C=C/C(C)=C/C=C/C(C)=C/C=C/C=C(C)/C=C/C=C(C)/C=C/C2=C(C)C(=O)C(OC(=O)CC(CC(=O)O)C(=O)O)CC2(C)C)=C(C)C1=O)C(=O)O. The molecule has 0 fully saturated rings. The summed E-state index contributed by atoms with van der Waals surface area (Å²) < 4.78 is 10.7. The predicted molar refractivity (Wildman–Crippen MR) is 252 cm³/mol. The number of ketones is 3. The highest BCUT2D eigenvalue weighted by Crippen LogP contribution is 2.42. The van der Waals surface area contributed by atoms with Crippen molar-refractivity contribution >= 4 is 47.2 Å². The largest absolute Gasteiger partial charge is 0.481 e. The van der Waals surface area contributed by atoms with Crippen LogP contribution in [0.4, 0.5) is 0 Å². The lowest BCUT2D eigenvalue weighted by molar-refractivity contribution is -0.160. The van der Waals surface area contributed by atoms with Crippen LogP contribution in [0.1, 0.15) is 108 Å². The van der Waals surface area contributed by atoms with Crippen LogP contribution in [-0.2, 0) is 47.8 Å². The highest BCUT2D eigenvalue weighted by atomic mass is 16.6. The van der Waals surface area contributed by atoms with E-state index in [4.69, 9.17) is 14.6 Å². The molecule has 0 amide bonds. The minimum Gasteiger partial charge on any atom is -0.481 e. The van der Waals surface area contributed by atoms with Crippen molar-refractivity contribution in [1.82, 2.24) is 0 Å². The maximum atomic E-state index is 13.2. The normalized spacial score (nSPS) is 20.6. The van der Waals surface area contributed by atoms with E-state index in [1.54, 1.807) is 13.8 Å². The monoisotopic (exact) mass is 908 g/mol. The van der Waals surface area contributed by atoms with Crippen LogP contribution in [0.5, 0.6) is 0 Å². The third-order valence-corrected chi connectivity index (χ3v) is 11.0. The maximum Gasteiger partial charge on any atom is 0.332 e. The fourth-order valence-electron chi connectivity index (χ4n) is 7.40. The van der Waals surface area contributed by atoms with Crippen molar-refractivity contribution in [3.63, 3.8) is 0 Å². The van der Waals surface area contributed by atoms with Gasteiger partial charge in [-0.05, 0) is 81.6 Å². The van der Waals surface area contributed by atoms with E-state index >= 15 is 0 Å². The van der Waals surface area contributed by atoms with E-state index in [2.05, 4.69) is 0 Å². The number of esters is 2. The van der Waals surface area contributed by atoms with Crippen LogP contribution in [0.15, 0.2) is 141 Å². The Hall–Kier alpha value is -6.76. The highest BCUT2D eigenvalue weighted by Gasteiger charge is 2.41. The van der Waals surface area contributed by atoms with Crippen molar-refractivity contribution in [2.24, 2.45) is 16.7 Å². The number of carbonyl (C=O) groups excluding carboxylic acids is 5. The zero-order chi connectivity index (χ0) is 50.1. The number of rotatable bonds is 21. The lowest BCUT2D eigenvalue weighted by Gasteiger charge is -2.36. The zero-order valence-electron chi connectivity index (χ0n) is 39.9. The fraction of sp³-hybridized carbons (Fsp3) is 0.396. The molecule has 0 radical (unpaired) electrons. The number of Topliss-reactive ketones (excluding diaryl/α,β-unsaturated/α-hetero) is 3. The molecule has 13 heteroatoms. The summed E-state index contributed by atoms with van der Waals surface area (Å²) in [5, 5.41) is 27.5. The van der Waals surface area contributed by atoms with Crippen LogP contribution < -0.4 is 0 Å². The molecule has 0 spiro atoms. The smallest absolute Gasteiger partial charge is 0.332 e. The summed E-state index contributed by atoms with van der Waals surface area (Å²) in [7, 11) is 0. The Morgan fingerprint density at radius 3 is 1.42 bits per heavy atom. The number of carboxylic acid groups (broad SMARTS) is 3. The summed E-state index contributed by atoms with van der Waals surface area (Å²) in [6, 6.07) is 0. The number of carboxylic acids is 3. The van der Waals surface area contributed by atoms with Crippen LogP contribution in [0.2, 0.25) is 0 Å². The molecule has 0 aromatic rings. The van der Waals surface area contributed by atoms with Gasteiger partial charge in [-0.1, -0.05) is 135 Å². The van der Waals surface area contributed by atoms with Gasteiger partial charge in [0.2, 0.25) is 0 Å². The molecule has 66 heavy (non-hydrogen) atoms. The van der Waals surface area contributed by atoms with Crippen molar-refractivity contribution in [1.29, 1.82) is 0 Å². The predicted octanol–water partition coefficient (Wildman–Crippen LogP) is 9.56. The second kappa shape index (κ2) is 25.1. The molecule has 2 aliphatic rings. The van der Waals surface area contributed by atoms with Crippen molar-refractivity contribution < 1.29 is 63.1 Å². The highest BCUT2D eigenvalue weighted by molar-refractivity contribution is 6.04. The van der Waals surface area contributed by atoms with Crippen molar-refractivity contribution in [2.75, 3.05) is 0 Å². The van der Waals surface area contributed by atoms with Gasteiger partial charge in [-0.15, -0.1) is 0 Å². The fourth-order valence-corrected chi connectivity index (χ4v) is 7.40. The van der Waals surface area contributed by atoms with Gasteiger partial charge in [0.15, 0.2) is 23.8 Å². The molecule has 3 atom stereocenters. The van der Waals surface area contributed by atoms with E-state index in [0.717, 1.165) is 39.5 Å². The van der Waals surface area contributed by atoms with E-state index in [1.165, 1.54) is 6.92 Å². The van der Waals surface area contributed by atoms with Gasteiger partial charge < -0.3 is 24.8 Å². The van der Waals surface area contributed by atoms with Gasteiger partial charge in [0.1, 0.15) is 5.78 Å². The van der Waals surface area contributed by atoms with Gasteiger partial charge in [0.05, 0.1) is 24.3 Å². The Morgan fingerprint density at radius 1 is 0.621 bits per heavy atom. The summed E-state index contributed by atoms with van der Waals surface area (Å²) in [6.45, 7) is 20.1. The average molecular weight is 909 g/mol. The number of aliphatic carboxylic acids is 3. The molecular weight excluding hydrogens is 845 g/mol. The third kappa shape index (κ3) is 18.0. The zero-order valence-corrected chi connectivity index (χ0v) is 39.9. The lowest BCUT2D eigenvalue weighted by atomic mass is 9.71. The molecule has 0 heterocycles. The molecular formula is C53H64O13. The number of allylic oxidation sites excluding steroid dienone is 20. The minimum absolute atomic E-state index is 0.188. The van der Waals surface area contributed by atoms with Crippen LogP contribution in [0.25, 0.3) is 0 Å². The van der Waals surface area contributed by atoms with Crippen LogP contribution in [-0.4, -0.2) is 74.7 Å². The Bertz CT molecular complexity index is 2340. The van der Waals surface area contributed by atoms with Crippen LogP contribution >= 0.6 is 0 Å². The Balaban J connectivity index is 2.02. The first-order chi connectivity index (χ1) is 30.6. The summed E-state index contributed by atoms with van der Waals surface area (Å²) >= 11 is 0. The second-order valence-electron chi connectivity index (χ2n) is 18.0. The molecule has 2 aliphatic carbocycles. The molecule has 3 unspecified atom stereocenters. The quantitative estimate of drug-likeness (QED) is 0.0556. The summed E-state index contributed by atoms with van der Waals surface area (Å²) in [4.78, 5) is 96.5. The molecule has 354 valence electrons. The Kier molecular flexibility index (Phi) is 21.0. The number of carbonyl (C=O) groups is 8. The second-order valence-corrected chi connectivity index (χ2v) is 18.0. The van der Waals surface area contributed by atoms with Gasteiger partial charge in [-0.3, -0.25) is 28.8 Å². The van der Waals surface area contributed by atoms with Gasteiger partial charge in [-0.2, -0.15) is 0 Å². The number of hydrogen-bond donors (Lipinski definition) is 3. The summed E-state index contributed by atoms with van der Waals surface area (Å²) in [6.07, 6.45) is 24.2. The molecule has 0 aromatic carbocycles. The van der Waals surface area contributed by atoms with Gasteiger partial charge in [0.25, 0.3) is 0 Å². The third-order valence-electron chi connectivity index (χ3n) is 11.0. The van der Waals surface area contributed by atoms with E-state index in [1.807, 2.05) is 140 Å². The van der Waals surface area contributed by atoms with Gasteiger partial charge in [-0.25, -0.2) is 9.59 Å². The Labute approximate surface area is 387 Å². The van der Waals surface area contributed by atoms with Gasteiger partial charge >= 0.3 is 29.8 Å². The first-order valence-corrected chi connectivity index (χ1v) is 21.5. The van der Waals surface area contributed by atoms with E-state index in [-0.39, 0.29) is 24.4 Å².